The van der Waals surface area contributed by atoms with Crippen molar-refractivity contribution in [3.8, 4) is 11.5 Å². The quantitative estimate of drug-likeness (QED) is 0.0801. The minimum atomic E-state index is -0.0355. The van der Waals surface area contributed by atoms with Gasteiger partial charge in [-0.05, 0) is 59.1 Å². The van der Waals surface area contributed by atoms with Gasteiger partial charge in [-0.1, -0.05) is 6.92 Å². The second-order valence-electron chi connectivity index (χ2n) is 9.71. The van der Waals surface area contributed by atoms with Gasteiger partial charge in [-0.15, -0.1) is 11.3 Å². The van der Waals surface area contributed by atoms with Gasteiger partial charge in [0.1, 0.15) is 26.4 Å². The maximum absolute atomic E-state index is 9.01. The zero-order valence-electron chi connectivity index (χ0n) is 26.8. The molecule has 1 N–H and O–H groups in total. The fraction of sp³-hybridized carbons (Fsp3) is 0.742. The molecule has 0 aliphatic rings. The van der Waals surface area contributed by atoms with E-state index in [1.807, 2.05) is 41.5 Å². The van der Waals surface area contributed by atoms with E-state index < -0.39 is 0 Å². The molecule has 0 saturated carbocycles. The van der Waals surface area contributed by atoms with Gasteiger partial charge in [0.05, 0.1) is 66.1 Å². The summed E-state index contributed by atoms with van der Waals surface area (Å²) in [5.41, 5.74) is 2.07. The van der Waals surface area contributed by atoms with Crippen LogP contribution in [0.1, 0.15) is 50.8 Å². The first kappa shape index (κ1) is 38.2. The Hall–Kier alpha value is -1.86. The number of aryl methyl sites for hydroxylation is 2. The van der Waals surface area contributed by atoms with Crippen molar-refractivity contribution in [1.82, 2.24) is 0 Å². The molecular weight excluding hydrogens is 564 g/mol. The number of allylic oxidation sites excluding steroid dienone is 2. The van der Waals surface area contributed by atoms with Crippen molar-refractivity contribution in [2.75, 3.05) is 99.1 Å². The first-order valence-corrected chi connectivity index (χ1v) is 15.6. The van der Waals surface area contributed by atoms with Crippen molar-refractivity contribution in [3.05, 3.63) is 32.4 Å². The van der Waals surface area contributed by atoms with Crippen LogP contribution in [0.25, 0.3) is 0 Å². The van der Waals surface area contributed by atoms with Gasteiger partial charge in [-0.25, -0.2) is 0 Å². The molecule has 0 aliphatic carbocycles. The smallest absolute Gasteiger partial charge is 0.175 e. The standard InChI is InChI=1S/C31H54O10S/c1-8-10-33-12-13-35-18-21-39-28(24(2)3)29(25(4)5)40-22-19-36-16-14-34-15-17-37-20-23-41-31-27(7)42-26(6)30(31)38-11-9-32/h32H,8-23H2,1-7H3. The summed E-state index contributed by atoms with van der Waals surface area (Å²) < 4.78 is 51.3. The molecule has 1 rings (SSSR count). The zero-order chi connectivity index (χ0) is 31.0. The van der Waals surface area contributed by atoms with Gasteiger partial charge in [0, 0.05) is 16.4 Å². The lowest BCUT2D eigenvalue weighted by molar-refractivity contribution is -0.000926. The highest BCUT2D eigenvalue weighted by Gasteiger charge is 2.16. The highest BCUT2D eigenvalue weighted by molar-refractivity contribution is 7.12. The van der Waals surface area contributed by atoms with E-state index >= 15 is 0 Å². The summed E-state index contributed by atoms with van der Waals surface area (Å²) in [5.74, 6) is 2.90. The molecule has 244 valence electrons. The molecule has 1 heterocycles. The summed E-state index contributed by atoms with van der Waals surface area (Å²) in [5, 5.41) is 9.01. The van der Waals surface area contributed by atoms with Crippen molar-refractivity contribution in [2.45, 2.75) is 54.9 Å². The van der Waals surface area contributed by atoms with Crippen LogP contribution in [-0.2, 0) is 33.2 Å². The number of aliphatic hydroxyl groups is 1. The van der Waals surface area contributed by atoms with Gasteiger partial charge >= 0.3 is 0 Å². The number of rotatable bonds is 27. The van der Waals surface area contributed by atoms with E-state index in [2.05, 4.69) is 6.92 Å². The third-order valence-corrected chi connectivity index (χ3v) is 6.47. The van der Waals surface area contributed by atoms with E-state index in [9.17, 15) is 0 Å². The van der Waals surface area contributed by atoms with Crippen LogP contribution >= 0.6 is 11.3 Å². The Bertz CT molecular complexity index is 889. The monoisotopic (exact) mass is 618 g/mol. The zero-order valence-corrected chi connectivity index (χ0v) is 27.7. The third-order valence-electron chi connectivity index (χ3n) is 5.49. The van der Waals surface area contributed by atoms with E-state index in [-0.39, 0.29) is 13.2 Å². The summed E-state index contributed by atoms with van der Waals surface area (Å²) in [6.07, 6.45) is 1.01. The minimum absolute atomic E-state index is 0.0355. The molecule has 0 saturated heterocycles. The molecule has 0 amide bonds. The van der Waals surface area contributed by atoms with Crippen LogP contribution in [0.3, 0.4) is 0 Å². The Morgan fingerprint density at radius 2 is 0.881 bits per heavy atom. The lowest BCUT2D eigenvalue weighted by Crippen LogP contribution is -2.15. The van der Waals surface area contributed by atoms with Gasteiger partial charge in [0.2, 0.25) is 0 Å². The molecule has 1 aromatic heterocycles. The average Bonchev–Trinajstić information content (AvgIpc) is 3.22. The van der Waals surface area contributed by atoms with Crippen molar-refractivity contribution in [2.24, 2.45) is 0 Å². The normalized spacial score (nSPS) is 11.0. The molecule has 0 unspecified atom stereocenters. The molecule has 0 spiro atoms. The van der Waals surface area contributed by atoms with Crippen LogP contribution in [0.15, 0.2) is 22.7 Å². The van der Waals surface area contributed by atoms with E-state index in [1.165, 1.54) is 0 Å². The van der Waals surface area contributed by atoms with Gasteiger partial charge < -0.3 is 47.7 Å². The lowest BCUT2D eigenvalue weighted by Gasteiger charge is -2.18. The molecular formula is C31H54O10S. The summed E-state index contributed by atoms with van der Waals surface area (Å²) >= 11 is 1.61. The van der Waals surface area contributed by atoms with Gasteiger partial charge in [0.25, 0.3) is 0 Å². The fourth-order valence-corrected chi connectivity index (χ4v) is 4.56. The van der Waals surface area contributed by atoms with Crippen molar-refractivity contribution < 1.29 is 47.7 Å². The summed E-state index contributed by atoms with van der Waals surface area (Å²) in [7, 11) is 0. The molecule has 0 bridgehead atoms. The van der Waals surface area contributed by atoms with Crippen molar-refractivity contribution in [3.63, 3.8) is 0 Å². The Labute approximate surface area is 256 Å². The predicted molar refractivity (Wildman–Crippen MR) is 165 cm³/mol. The number of ether oxygens (including phenoxy) is 9. The Kier molecular flexibility index (Phi) is 22.3. The van der Waals surface area contributed by atoms with Crippen LogP contribution in [0.5, 0.6) is 11.5 Å². The Balaban J connectivity index is 2.13. The molecule has 0 aliphatic heterocycles. The summed E-state index contributed by atoms with van der Waals surface area (Å²) in [4.78, 5) is 2.08. The Morgan fingerprint density at radius 3 is 1.26 bits per heavy atom. The maximum atomic E-state index is 9.01. The molecule has 0 fully saturated rings. The largest absolute Gasteiger partial charge is 0.487 e. The highest BCUT2D eigenvalue weighted by atomic mass is 32.1. The second-order valence-corrected chi connectivity index (χ2v) is 11.1. The number of thiophene rings is 1. The molecule has 0 atom stereocenters. The van der Waals surface area contributed by atoms with Gasteiger partial charge in [0.15, 0.2) is 23.0 Å². The highest BCUT2D eigenvalue weighted by Crippen LogP contribution is 2.41. The average molecular weight is 619 g/mol. The van der Waals surface area contributed by atoms with Crippen molar-refractivity contribution >= 4 is 11.3 Å². The molecule has 11 heteroatoms. The van der Waals surface area contributed by atoms with Crippen molar-refractivity contribution in [1.29, 1.82) is 0 Å². The third kappa shape index (κ3) is 16.7. The molecule has 0 radical (unpaired) electrons. The topological polar surface area (TPSA) is 103 Å². The van der Waals surface area contributed by atoms with Crippen LogP contribution in [0.2, 0.25) is 0 Å². The van der Waals surface area contributed by atoms with Gasteiger partial charge in [-0.2, -0.15) is 0 Å². The summed E-state index contributed by atoms with van der Waals surface area (Å²) in [6.45, 7) is 20.7. The predicted octanol–water partition coefficient (Wildman–Crippen LogP) is 5.23. The van der Waals surface area contributed by atoms with Crippen LogP contribution < -0.4 is 9.47 Å². The first-order chi connectivity index (χ1) is 20.3. The van der Waals surface area contributed by atoms with Crippen LogP contribution in [-0.4, -0.2) is 104 Å². The molecule has 42 heavy (non-hydrogen) atoms. The second kappa shape index (κ2) is 24.6. The van der Waals surface area contributed by atoms with E-state index in [1.54, 1.807) is 11.3 Å². The maximum Gasteiger partial charge on any atom is 0.175 e. The molecule has 0 aromatic carbocycles. The van der Waals surface area contributed by atoms with E-state index in [0.29, 0.717) is 85.0 Å². The Morgan fingerprint density at radius 1 is 0.524 bits per heavy atom. The number of hydrogen-bond acceptors (Lipinski definition) is 11. The molecule has 10 nitrogen and oxygen atoms in total. The van der Waals surface area contributed by atoms with Crippen LogP contribution in [0, 0.1) is 13.8 Å². The first-order valence-electron chi connectivity index (χ1n) is 14.8. The molecule has 1 aromatic rings. The fourth-order valence-electron chi connectivity index (χ4n) is 3.61. The number of aliphatic hydroxyl groups excluding tert-OH is 1. The summed E-state index contributed by atoms with van der Waals surface area (Å²) in [6, 6.07) is 0. The number of hydrogen-bond donors (Lipinski definition) is 1. The van der Waals surface area contributed by atoms with E-state index in [0.717, 1.165) is 51.2 Å². The van der Waals surface area contributed by atoms with E-state index in [4.69, 9.17) is 47.7 Å². The van der Waals surface area contributed by atoms with Gasteiger partial charge in [-0.3, -0.25) is 0 Å². The van der Waals surface area contributed by atoms with Crippen LogP contribution in [0.4, 0.5) is 0 Å². The minimum Gasteiger partial charge on any atom is -0.487 e. The lowest BCUT2D eigenvalue weighted by atomic mass is 10.2. The SMILES string of the molecule is CCCOCCOCCOC(=C(C)C)C(OCCOCCOCCOCCOc1c(C)sc(C)c1OCCO)=C(C)C.